The van der Waals surface area contributed by atoms with Crippen LogP contribution in [0.3, 0.4) is 0 Å². The van der Waals surface area contributed by atoms with Crippen molar-refractivity contribution in [1.29, 1.82) is 0 Å². The fourth-order valence-corrected chi connectivity index (χ4v) is 2.84. The Balaban J connectivity index is 1.67. The highest BCUT2D eigenvalue weighted by Crippen LogP contribution is 2.13. The molecule has 1 heterocycles. The number of Topliss-reactive ketones (excluding diaryl/α,β-unsaturated/α-hetero) is 1. The van der Waals surface area contributed by atoms with E-state index >= 15 is 0 Å². The number of hydrogen-bond donors (Lipinski definition) is 0. The summed E-state index contributed by atoms with van der Waals surface area (Å²) >= 11 is 0. The molecule has 0 unspecified atom stereocenters. The molecule has 0 aliphatic carbocycles. The molecule has 0 saturated heterocycles. The topological polar surface area (TPSA) is 60.7 Å². The molecular weight excluding hydrogens is 364 g/mol. The first-order chi connectivity index (χ1) is 14.0. The standard InChI is InChI=1S/C24H24N2O3/c1-3-22(27)20-11-13-21(14-12-20)29-17-24(28)25-23-6-4-5-15-26(23)16-19-9-7-18(2)8-10-19/h4-15H,3,16-17H2,1-2H3. The number of hydrogen-bond acceptors (Lipinski definition) is 3. The molecule has 0 aliphatic heterocycles. The molecule has 29 heavy (non-hydrogen) atoms. The van der Waals surface area contributed by atoms with E-state index in [2.05, 4.69) is 29.3 Å². The Kier molecular flexibility index (Phi) is 6.74. The molecular formula is C24H24N2O3. The fourth-order valence-electron chi connectivity index (χ4n) is 2.84. The minimum absolute atomic E-state index is 0.0739. The highest BCUT2D eigenvalue weighted by Gasteiger charge is 2.05. The van der Waals surface area contributed by atoms with Crippen LogP contribution in [0.15, 0.2) is 77.9 Å². The van der Waals surface area contributed by atoms with Crippen LogP contribution in [0.2, 0.25) is 0 Å². The molecule has 5 heteroatoms. The predicted octanol–water partition coefficient (Wildman–Crippen LogP) is 3.94. The zero-order valence-electron chi connectivity index (χ0n) is 16.7. The molecule has 0 bridgehead atoms. The minimum Gasteiger partial charge on any atom is -0.484 e. The Morgan fingerprint density at radius 3 is 2.38 bits per heavy atom. The summed E-state index contributed by atoms with van der Waals surface area (Å²) in [7, 11) is 0. The molecule has 3 aromatic rings. The van der Waals surface area contributed by atoms with E-state index in [1.807, 2.05) is 36.7 Å². The van der Waals surface area contributed by atoms with Gasteiger partial charge < -0.3 is 9.30 Å². The van der Waals surface area contributed by atoms with Gasteiger partial charge in [-0.1, -0.05) is 42.8 Å². The van der Waals surface area contributed by atoms with Gasteiger partial charge in [0.25, 0.3) is 5.91 Å². The Bertz CT molecular complexity index is 1050. The van der Waals surface area contributed by atoms with Crippen molar-refractivity contribution < 1.29 is 14.3 Å². The van der Waals surface area contributed by atoms with Crippen molar-refractivity contribution in [2.45, 2.75) is 26.8 Å². The first-order valence-corrected chi connectivity index (χ1v) is 9.60. The van der Waals surface area contributed by atoms with Gasteiger partial charge in [0, 0.05) is 24.7 Å². The highest BCUT2D eigenvalue weighted by molar-refractivity contribution is 5.95. The zero-order chi connectivity index (χ0) is 20.6. The lowest BCUT2D eigenvalue weighted by Gasteiger charge is -2.08. The van der Waals surface area contributed by atoms with Crippen molar-refractivity contribution in [2.24, 2.45) is 4.99 Å². The van der Waals surface area contributed by atoms with Gasteiger partial charge in [-0.2, -0.15) is 4.99 Å². The van der Waals surface area contributed by atoms with Crippen molar-refractivity contribution in [3.63, 3.8) is 0 Å². The lowest BCUT2D eigenvalue weighted by Crippen LogP contribution is -2.23. The molecule has 0 saturated carbocycles. The van der Waals surface area contributed by atoms with Gasteiger partial charge in [-0.25, -0.2) is 0 Å². The van der Waals surface area contributed by atoms with Crippen LogP contribution in [-0.2, 0) is 11.3 Å². The Labute approximate surface area is 170 Å². The van der Waals surface area contributed by atoms with E-state index in [-0.39, 0.29) is 18.3 Å². The normalized spacial score (nSPS) is 11.3. The lowest BCUT2D eigenvalue weighted by molar-refractivity contribution is -0.120. The summed E-state index contributed by atoms with van der Waals surface area (Å²) in [6.45, 7) is 4.33. The summed E-state index contributed by atoms with van der Waals surface area (Å²) in [5.74, 6) is 0.231. The van der Waals surface area contributed by atoms with Crippen LogP contribution in [-0.4, -0.2) is 22.9 Å². The molecule has 5 nitrogen and oxygen atoms in total. The summed E-state index contributed by atoms with van der Waals surface area (Å²) in [5.41, 5.74) is 3.55. The number of ketones is 1. The first kappa shape index (κ1) is 20.3. The predicted molar refractivity (Wildman–Crippen MR) is 112 cm³/mol. The second-order valence-electron chi connectivity index (χ2n) is 6.77. The number of pyridine rings is 1. The van der Waals surface area contributed by atoms with Crippen LogP contribution in [0.5, 0.6) is 5.75 Å². The first-order valence-electron chi connectivity index (χ1n) is 9.60. The van der Waals surface area contributed by atoms with E-state index in [1.54, 1.807) is 30.3 Å². The van der Waals surface area contributed by atoms with E-state index in [9.17, 15) is 9.59 Å². The summed E-state index contributed by atoms with van der Waals surface area (Å²) in [5, 5.41) is 0. The minimum atomic E-state index is -0.373. The number of amides is 1. The van der Waals surface area contributed by atoms with Crippen molar-refractivity contribution >= 4 is 11.7 Å². The third-order valence-corrected chi connectivity index (χ3v) is 4.49. The number of aromatic nitrogens is 1. The van der Waals surface area contributed by atoms with Crippen molar-refractivity contribution in [3.8, 4) is 5.75 Å². The van der Waals surface area contributed by atoms with Gasteiger partial charge in [-0.15, -0.1) is 0 Å². The van der Waals surface area contributed by atoms with Crippen molar-refractivity contribution in [3.05, 3.63) is 95.1 Å². The quantitative estimate of drug-likeness (QED) is 0.576. The van der Waals surface area contributed by atoms with Gasteiger partial charge in [-0.05, 0) is 48.9 Å². The number of carbonyl (C=O) groups excluding carboxylic acids is 2. The molecule has 0 fully saturated rings. The van der Waals surface area contributed by atoms with Gasteiger partial charge >= 0.3 is 0 Å². The average Bonchev–Trinajstić information content (AvgIpc) is 2.75. The van der Waals surface area contributed by atoms with Crippen LogP contribution >= 0.6 is 0 Å². The third-order valence-electron chi connectivity index (χ3n) is 4.49. The molecule has 0 N–H and O–H groups in total. The number of rotatable bonds is 7. The van der Waals surface area contributed by atoms with E-state index in [0.717, 1.165) is 5.56 Å². The Morgan fingerprint density at radius 2 is 1.69 bits per heavy atom. The van der Waals surface area contributed by atoms with Gasteiger partial charge in [0.15, 0.2) is 12.4 Å². The third kappa shape index (κ3) is 5.75. The summed E-state index contributed by atoms with van der Waals surface area (Å²) in [4.78, 5) is 28.2. The maximum absolute atomic E-state index is 12.3. The van der Waals surface area contributed by atoms with Gasteiger partial charge in [0.05, 0.1) is 0 Å². The Morgan fingerprint density at radius 1 is 0.966 bits per heavy atom. The van der Waals surface area contributed by atoms with Gasteiger partial charge in [-0.3, -0.25) is 9.59 Å². The van der Waals surface area contributed by atoms with Gasteiger partial charge in [0.1, 0.15) is 11.2 Å². The molecule has 2 aromatic carbocycles. The van der Waals surface area contributed by atoms with Crippen molar-refractivity contribution in [2.75, 3.05) is 6.61 Å². The number of benzene rings is 2. The zero-order valence-corrected chi connectivity index (χ0v) is 16.7. The highest BCUT2D eigenvalue weighted by atomic mass is 16.5. The van der Waals surface area contributed by atoms with E-state index in [0.29, 0.717) is 29.8 Å². The number of ether oxygens (including phenoxy) is 1. The van der Waals surface area contributed by atoms with E-state index in [1.165, 1.54) is 5.56 Å². The lowest BCUT2D eigenvalue weighted by atomic mass is 10.1. The summed E-state index contributed by atoms with van der Waals surface area (Å²) < 4.78 is 7.44. The van der Waals surface area contributed by atoms with E-state index < -0.39 is 0 Å². The number of carbonyl (C=O) groups is 2. The second kappa shape index (κ2) is 9.64. The van der Waals surface area contributed by atoms with Crippen LogP contribution < -0.4 is 10.2 Å². The average molecular weight is 388 g/mol. The molecule has 0 spiro atoms. The summed E-state index contributed by atoms with van der Waals surface area (Å²) in [6, 6.07) is 20.6. The van der Waals surface area contributed by atoms with Crippen LogP contribution in [0, 0.1) is 6.92 Å². The SMILES string of the molecule is CCC(=O)c1ccc(OCC(=O)N=c2ccccn2Cc2ccc(C)cc2)cc1. The van der Waals surface area contributed by atoms with E-state index in [4.69, 9.17) is 4.74 Å². The monoisotopic (exact) mass is 388 g/mol. The molecule has 0 atom stereocenters. The maximum Gasteiger partial charge on any atom is 0.285 e. The van der Waals surface area contributed by atoms with Crippen LogP contribution in [0.4, 0.5) is 0 Å². The van der Waals surface area contributed by atoms with Crippen LogP contribution in [0.25, 0.3) is 0 Å². The smallest absolute Gasteiger partial charge is 0.285 e. The molecule has 0 radical (unpaired) electrons. The van der Waals surface area contributed by atoms with Gasteiger partial charge in [0.2, 0.25) is 0 Å². The number of nitrogens with zero attached hydrogens (tertiary/aromatic N) is 2. The number of aryl methyl sites for hydroxylation is 1. The largest absolute Gasteiger partial charge is 0.484 e. The maximum atomic E-state index is 12.3. The fraction of sp³-hybridized carbons (Fsp3) is 0.208. The second-order valence-corrected chi connectivity index (χ2v) is 6.77. The molecule has 1 aromatic heterocycles. The molecule has 0 aliphatic rings. The summed E-state index contributed by atoms with van der Waals surface area (Å²) in [6.07, 6.45) is 2.35. The Hall–Kier alpha value is -3.47. The van der Waals surface area contributed by atoms with Crippen molar-refractivity contribution in [1.82, 2.24) is 4.57 Å². The molecule has 1 amide bonds. The van der Waals surface area contributed by atoms with Crippen LogP contribution in [0.1, 0.15) is 34.8 Å². The molecule has 148 valence electrons. The molecule has 3 rings (SSSR count).